The second-order valence-electron chi connectivity index (χ2n) is 2.82. The molecule has 0 aromatic carbocycles. The van der Waals surface area contributed by atoms with Gasteiger partial charge in [0.1, 0.15) is 0 Å². The quantitative estimate of drug-likeness (QED) is 0.578. The fraction of sp³-hybridized carbons (Fsp3) is 1.00. The van der Waals surface area contributed by atoms with Gasteiger partial charge in [-0.2, -0.15) is 0 Å². The Bertz CT molecular complexity index is 61.3. The third-order valence-electron chi connectivity index (χ3n) is 1.37. The smallest absolute Gasteiger partial charge is 0.0189 e. The third-order valence-corrected chi connectivity index (χ3v) is 1.37. The monoisotopic (exact) mass is 130 g/mol. The number of hydrogen-bond donors (Lipinski definition) is 1. The fourth-order valence-corrected chi connectivity index (χ4v) is 1.11. The normalized spacial score (nSPS) is 12.0. The zero-order chi connectivity index (χ0) is 7.44. The van der Waals surface area contributed by atoms with E-state index in [0.717, 1.165) is 0 Å². The van der Waals surface area contributed by atoms with Crippen LogP contribution in [0.15, 0.2) is 0 Å². The first-order valence-corrected chi connectivity index (χ1v) is 3.55. The molecule has 0 radical (unpaired) electrons. The second kappa shape index (κ2) is 3.85. The van der Waals surface area contributed by atoms with E-state index in [1.165, 1.54) is 0 Å². The molecule has 1 N–H and O–H groups in total. The largest absolute Gasteiger partial charge is 0.258 e. The average molecular weight is 130 g/mol. The van der Waals surface area contributed by atoms with Gasteiger partial charge in [-0.15, -0.1) is 0 Å². The van der Waals surface area contributed by atoms with Gasteiger partial charge < -0.3 is 0 Å². The maximum absolute atomic E-state index is 3.13. The highest BCUT2D eigenvalue weighted by molar-refractivity contribution is 4.60. The van der Waals surface area contributed by atoms with Gasteiger partial charge in [0, 0.05) is 12.1 Å². The lowest BCUT2D eigenvalue weighted by Crippen LogP contribution is -2.45. The molecule has 2 heteroatoms. The summed E-state index contributed by atoms with van der Waals surface area (Å²) in [5.41, 5.74) is 3.13. The van der Waals surface area contributed by atoms with Crippen molar-refractivity contribution in [2.75, 3.05) is 7.05 Å². The molecular formula is C7H18N2. The van der Waals surface area contributed by atoms with Crippen LogP contribution in [0.3, 0.4) is 0 Å². The van der Waals surface area contributed by atoms with Crippen LogP contribution in [0, 0.1) is 0 Å². The van der Waals surface area contributed by atoms with Crippen molar-refractivity contribution < 1.29 is 0 Å². The van der Waals surface area contributed by atoms with E-state index in [0.29, 0.717) is 12.1 Å². The predicted octanol–water partition coefficient (Wildman–Crippen LogP) is 1.24. The first kappa shape index (κ1) is 8.92. The highest BCUT2D eigenvalue weighted by Gasteiger charge is 2.09. The molecule has 9 heavy (non-hydrogen) atoms. The van der Waals surface area contributed by atoms with Crippen molar-refractivity contribution >= 4 is 0 Å². The van der Waals surface area contributed by atoms with E-state index in [9.17, 15) is 0 Å². The van der Waals surface area contributed by atoms with Crippen LogP contribution in [-0.2, 0) is 0 Å². The summed E-state index contributed by atoms with van der Waals surface area (Å²) in [5.74, 6) is 0. The van der Waals surface area contributed by atoms with Crippen molar-refractivity contribution in [2.24, 2.45) is 0 Å². The highest BCUT2D eigenvalue weighted by Crippen LogP contribution is 1.98. The summed E-state index contributed by atoms with van der Waals surface area (Å²) in [6.07, 6.45) is 0. The summed E-state index contributed by atoms with van der Waals surface area (Å²) in [5, 5.41) is 2.21. The van der Waals surface area contributed by atoms with Gasteiger partial charge in [-0.1, -0.05) is 0 Å². The van der Waals surface area contributed by atoms with Gasteiger partial charge in [-0.25, -0.2) is 5.01 Å². The molecule has 0 fully saturated rings. The van der Waals surface area contributed by atoms with Crippen molar-refractivity contribution in [1.29, 1.82) is 0 Å². The molecule has 0 rings (SSSR count). The van der Waals surface area contributed by atoms with Gasteiger partial charge in [0.05, 0.1) is 0 Å². The van der Waals surface area contributed by atoms with Crippen LogP contribution in [0.2, 0.25) is 0 Å². The Hall–Kier alpha value is -0.0800. The Balaban J connectivity index is 3.68. The Morgan fingerprint density at radius 3 is 1.33 bits per heavy atom. The lowest BCUT2D eigenvalue weighted by Gasteiger charge is -2.28. The zero-order valence-corrected chi connectivity index (χ0v) is 7.10. The van der Waals surface area contributed by atoms with E-state index in [1.54, 1.807) is 0 Å². The predicted molar refractivity (Wildman–Crippen MR) is 41.2 cm³/mol. The van der Waals surface area contributed by atoms with E-state index in [2.05, 4.69) is 38.1 Å². The number of hydrogen-bond acceptors (Lipinski definition) is 2. The van der Waals surface area contributed by atoms with Crippen LogP contribution in [0.5, 0.6) is 0 Å². The molecule has 56 valence electrons. The van der Waals surface area contributed by atoms with Gasteiger partial charge in [0.15, 0.2) is 0 Å². The molecule has 0 unspecified atom stereocenters. The Morgan fingerprint density at radius 1 is 1.00 bits per heavy atom. The van der Waals surface area contributed by atoms with E-state index in [1.807, 2.05) is 7.05 Å². The maximum Gasteiger partial charge on any atom is 0.0189 e. The fourth-order valence-electron chi connectivity index (χ4n) is 1.11. The molecule has 0 aromatic rings. The summed E-state index contributed by atoms with van der Waals surface area (Å²) < 4.78 is 0. The van der Waals surface area contributed by atoms with Crippen LogP contribution >= 0.6 is 0 Å². The SMILES string of the molecule is CNN(C(C)C)C(C)C. The topological polar surface area (TPSA) is 15.3 Å². The third kappa shape index (κ3) is 2.82. The van der Waals surface area contributed by atoms with Crippen molar-refractivity contribution in [1.82, 2.24) is 10.4 Å². The van der Waals surface area contributed by atoms with Gasteiger partial charge in [-0.3, -0.25) is 5.43 Å². The second-order valence-corrected chi connectivity index (χ2v) is 2.82. The first-order chi connectivity index (χ1) is 4.09. The lowest BCUT2D eigenvalue weighted by atomic mass is 10.3. The van der Waals surface area contributed by atoms with Crippen LogP contribution in [0.25, 0.3) is 0 Å². The molecule has 0 aromatic heterocycles. The number of hydrazine groups is 1. The van der Waals surface area contributed by atoms with Gasteiger partial charge in [0.2, 0.25) is 0 Å². The lowest BCUT2D eigenvalue weighted by molar-refractivity contribution is 0.118. The standard InChI is InChI=1S/C7H18N2/c1-6(2)9(8-5)7(3)4/h6-8H,1-5H3. The minimum atomic E-state index is 0.579. The first-order valence-electron chi connectivity index (χ1n) is 3.55. The average Bonchev–Trinajstić information content (AvgIpc) is 1.64. The van der Waals surface area contributed by atoms with Crippen LogP contribution in [0.4, 0.5) is 0 Å². The van der Waals surface area contributed by atoms with Crippen molar-refractivity contribution in [3.63, 3.8) is 0 Å². The molecule has 0 atom stereocenters. The molecule has 0 amide bonds. The van der Waals surface area contributed by atoms with Crippen LogP contribution < -0.4 is 5.43 Å². The highest BCUT2D eigenvalue weighted by atomic mass is 15.5. The van der Waals surface area contributed by atoms with Crippen molar-refractivity contribution in [2.45, 2.75) is 39.8 Å². The van der Waals surface area contributed by atoms with Crippen LogP contribution in [-0.4, -0.2) is 24.1 Å². The molecule has 2 nitrogen and oxygen atoms in total. The summed E-state index contributed by atoms with van der Waals surface area (Å²) >= 11 is 0. The summed E-state index contributed by atoms with van der Waals surface area (Å²) in [6, 6.07) is 1.16. The van der Waals surface area contributed by atoms with Gasteiger partial charge >= 0.3 is 0 Å². The maximum atomic E-state index is 3.13. The minimum Gasteiger partial charge on any atom is -0.258 e. The van der Waals surface area contributed by atoms with Crippen LogP contribution in [0.1, 0.15) is 27.7 Å². The number of rotatable bonds is 3. The van der Waals surface area contributed by atoms with Gasteiger partial charge in [0.25, 0.3) is 0 Å². The Kier molecular flexibility index (Phi) is 3.82. The molecule has 0 aliphatic carbocycles. The molecule has 0 spiro atoms. The van der Waals surface area contributed by atoms with Crippen molar-refractivity contribution in [3.8, 4) is 0 Å². The van der Waals surface area contributed by atoms with E-state index >= 15 is 0 Å². The molecule has 0 saturated carbocycles. The Morgan fingerprint density at radius 2 is 1.33 bits per heavy atom. The molecule has 0 aliphatic rings. The molecule has 0 saturated heterocycles. The zero-order valence-electron chi connectivity index (χ0n) is 7.10. The van der Waals surface area contributed by atoms with Crippen molar-refractivity contribution in [3.05, 3.63) is 0 Å². The number of nitrogens with zero attached hydrogens (tertiary/aromatic N) is 1. The summed E-state index contributed by atoms with van der Waals surface area (Å²) in [6.45, 7) is 8.71. The van der Waals surface area contributed by atoms with E-state index in [-0.39, 0.29) is 0 Å². The van der Waals surface area contributed by atoms with E-state index < -0.39 is 0 Å². The summed E-state index contributed by atoms with van der Waals surface area (Å²) in [7, 11) is 1.96. The summed E-state index contributed by atoms with van der Waals surface area (Å²) in [4.78, 5) is 0. The molecular weight excluding hydrogens is 112 g/mol. The van der Waals surface area contributed by atoms with Gasteiger partial charge in [-0.05, 0) is 34.7 Å². The molecule has 0 heterocycles. The minimum absolute atomic E-state index is 0.579. The molecule has 0 bridgehead atoms. The molecule has 0 aliphatic heterocycles. The van der Waals surface area contributed by atoms with E-state index in [4.69, 9.17) is 0 Å². The number of nitrogens with one attached hydrogen (secondary N) is 1. The Labute approximate surface area is 58.2 Å².